The molecule has 0 atom stereocenters. The summed E-state index contributed by atoms with van der Waals surface area (Å²) >= 11 is 0. The highest BCUT2D eigenvalue weighted by Crippen LogP contribution is 2.10. The van der Waals surface area contributed by atoms with Crippen LogP contribution in [0.1, 0.15) is 11.1 Å². The average Bonchev–Trinajstić information content (AvgIpc) is 2.38. The summed E-state index contributed by atoms with van der Waals surface area (Å²) in [5.74, 6) is 3.78. The second-order valence-corrected chi connectivity index (χ2v) is 3.86. The van der Waals surface area contributed by atoms with Crippen molar-refractivity contribution in [3.8, 4) is 17.8 Å². The van der Waals surface area contributed by atoms with Crippen LogP contribution >= 0.6 is 0 Å². The van der Waals surface area contributed by atoms with Crippen LogP contribution in [-0.2, 0) is 6.42 Å². The molecule has 17 heavy (non-hydrogen) atoms. The zero-order valence-electron chi connectivity index (χ0n) is 9.81. The first-order valence-electron chi connectivity index (χ1n) is 5.60. The van der Waals surface area contributed by atoms with Gasteiger partial charge >= 0.3 is 0 Å². The van der Waals surface area contributed by atoms with Crippen molar-refractivity contribution >= 4 is 0 Å². The number of hydrogen-bond donors (Lipinski definition) is 0. The molecule has 0 N–H and O–H groups in total. The second-order valence-electron chi connectivity index (χ2n) is 3.86. The maximum atomic E-state index is 5.32. The number of benzene rings is 2. The van der Waals surface area contributed by atoms with Gasteiger partial charge in [0, 0.05) is 6.42 Å². The van der Waals surface area contributed by atoms with Crippen LogP contribution in [0.4, 0.5) is 0 Å². The molecule has 0 heterocycles. The molecule has 0 aliphatic rings. The molecule has 0 aliphatic heterocycles. The van der Waals surface area contributed by atoms with Gasteiger partial charge in [-0.05, 0) is 24.6 Å². The summed E-state index contributed by atoms with van der Waals surface area (Å²) in [6.07, 6.45) is 3.43. The van der Waals surface area contributed by atoms with Crippen LogP contribution in [0, 0.1) is 19.0 Å². The van der Waals surface area contributed by atoms with Gasteiger partial charge in [0.1, 0.15) is 11.9 Å². The van der Waals surface area contributed by atoms with Gasteiger partial charge in [0.15, 0.2) is 0 Å². The Morgan fingerprint density at radius 3 is 2.35 bits per heavy atom. The predicted molar refractivity (Wildman–Crippen MR) is 69.7 cm³/mol. The molecule has 1 heteroatoms. The highest BCUT2D eigenvalue weighted by molar-refractivity contribution is 5.28. The summed E-state index contributed by atoms with van der Waals surface area (Å²) in [5, 5.41) is 0. The Morgan fingerprint density at radius 1 is 0.941 bits per heavy atom. The molecular weight excluding hydrogens is 208 g/mol. The highest BCUT2D eigenvalue weighted by Gasteiger charge is 1.89. The van der Waals surface area contributed by atoms with Crippen molar-refractivity contribution in [2.24, 2.45) is 0 Å². The Hall–Kier alpha value is -2.20. The van der Waals surface area contributed by atoms with E-state index in [1.807, 2.05) is 49.4 Å². The Balaban J connectivity index is 1.89. The zero-order valence-corrected chi connectivity index (χ0v) is 9.81. The first-order valence-corrected chi connectivity index (χ1v) is 5.60. The first kappa shape index (κ1) is 11.3. The van der Waals surface area contributed by atoms with E-state index < -0.39 is 0 Å². The summed E-state index contributed by atoms with van der Waals surface area (Å²) in [6, 6.07) is 18.0. The third-order valence-corrected chi connectivity index (χ3v) is 2.40. The van der Waals surface area contributed by atoms with Gasteiger partial charge in [-0.15, -0.1) is 0 Å². The summed E-state index contributed by atoms with van der Waals surface area (Å²) in [6.45, 7) is 2.05. The van der Waals surface area contributed by atoms with Crippen LogP contribution in [0.25, 0.3) is 0 Å². The molecule has 1 nitrogen and oxygen atoms in total. The molecule has 0 unspecified atom stereocenters. The maximum Gasteiger partial charge on any atom is 0.140 e. The molecule has 2 aromatic rings. The molecule has 0 bridgehead atoms. The summed E-state index contributed by atoms with van der Waals surface area (Å²) in [7, 11) is 0. The lowest BCUT2D eigenvalue weighted by atomic mass is 10.2. The lowest BCUT2D eigenvalue weighted by Gasteiger charge is -1.96. The van der Waals surface area contributed by atoms with Crippen LogP contribution in [0.5, 0.6) is 5.75 Å². The van der Waals surface area contributed by atoms with E-state index in [2.05, 4.69) is 24.2 Å². The Kier molecular flexibility index (Phi) is 3.83. The molecule has 0 saturated heterocycles. The first-order chi connectivity index (χ1) is 8.34. The third kappa shape index (κ3) is 3.70. The molecule has 0 aliphatic carbocycles. The monoisotopic (exact) mass is 222 g/mol. The molecule has 2 aromatic carbocycles. The standard InChI is InChI=1S/C16H14O/c1-14-9-11-16(12-10-14)17-13-5-8-15-6-3-2-4-7-15/h2-4,6-7,9-12H,8H2,1H3. The minimum absolute atomic E-state index is 0.715. The summed E-state index contributed by atoms with van der Waals surface area (Å²) in [5.41, 5.74) is 2.42. The molecule has 0 spiro atoms. The van der Waals surface area contributed by atoms with Gasteiger partial charge in [-0.25, -0.2) is 0 Å². The minimum Gasteiger partial charge on any atom is -0.408 e. The van der Waals surface area contributed by atoms with Gasteiger partial charge in [0.2, 0.25) is 0 Å². The topological polar surface area (TPSA) is 9.23 Å². The Labute approximate surface area is 102 Å². The van der Waals surface area contributed by atoms with Crippen molar-refractivity contribution in [1.82, 2.24) is 0 Å². The van der Waals surface area contributed by atoms with Crippen molar-refractivity contribution in [3.05, 3.63) is 65.7 Å². The number of hydrogen-bond acceptors (Lipinski definition) is 1. The van der Waals surface area contributed by atoms with E-state index in [-0.39, 0.29) is 0 Å². The van der Waals surface area contributed by atoms with E-state index in [9.17, 15) is 0 Å². The summed E-state index contributed by atoms with van der Waals surface area (Å²) < 4.78 is 5.32. The van der Waals surface area contributed by atoms with Crippen LogP contribution < -0.4 is 4.74 Å². The minimum atomic E-state index is 0.715. The van der Waals surface area contributed by atoms with Crippen LogP contribution in [0.2, 0.25) is 0 Å². The number of rotatable bonds is 2. The molecule has 0 saturated carbocycles. The van der Waals surface area contributed by atoms with Gasteiger partial charge in [-0.2, -0.15) is 0 Å². The molecule has 2 rings (SSSR count). The van der Waals surface area contributed by atoms with Gasteiger partial charge in [-0.1, -0.05) is 53.9 Å². The Morgan fingerprint density at radius 2 is 1.65 bits per heavy atom. The fourth-order valence-electron chi connectivity index (χ4n) is 1.44. The van der Waals surface area contributed by atoms with E-state index in [4.69, 9.17) is 4.74 Å². The molecule has 0 amide bonds. The van der Waals surface area contributed by atoms with Crippen LogP contribution in [0.15, 0.2) is 54.6 Å². The third-order valence-electron chi connectivity index (χ3n) is 2.40. The maximum absolute atomic E-state index is 5.32. The SMILES string of the molecule is Cc1ccc(OC#CCc2ccccc2)cc1. The average molecular weight is 222 g/mol. The van der Waals surface area contributed by atoms with Crippen molar-refractivity contribution < 1.29 is 4.74 Å². The predicted octanol–water partition coefficient (Wildman–Crippen LogP) is 3.58. The normalized spacial score (nSPS) is 9.24. The zero-order chi connectivity index (χ0) is 11.9. The van der Waals surface area contributed by atoms with Crippen molar-refractivity contribution in [3.63, 3.8) is 0 Å². The van der Waals surface area contributed by atoms with Gasteiger partial charge in [-0.3, -0.25) is 0 Å². The highest BCUT2D eigenvalue weighted by atomic mass is 16.5. The smallest absolute Gasteiger partial charge is 0.140 e. The van der Waals surface area contributed by atoms with Gasteiger partial charge in [0.05, 0.1) is 0 Å². The molecule has 0 aromatic heterocycles. The van der Waals surface area contributed by atoms with Crippen molar-refractivity contribution in [2.75, 3.05) is 0 Å². The van der Waals surface area contributed by atoms with Crippen molar-refractivity contribution in [2.45, 2.75) is 13.3 Å². The van der Waals surface area contributed by atoms with E-state index >= 15 is 0 Å². The van der Waals surface area contributed by atoms with E-state index in [1.54, 1.807) is 0 Å². The van der Waals surface area contributed by atoms with Gasteiger partial charge < -0.3 is 4.74 Å². The summed E-state index contributed by atoms with van der Waals surface area (Å²) in [4.78, 5) is 0. The number of ether oxygens (including phenoxy) is 1. The number of aryl methyl sites for hydroxylation is 1. The molecule has 0 fully saturated rings. The molecule has 84 valence electrons. The fourth-order valence-corrected chi connectivity index (χ4v) is 1.44. The largest absolute Gasteiger partial charge is 0.408 e. The van der Waals surface area contributed by atoms with Crippen LogP contribution in [0.3, 0.4) is 0 Å². The second kappa shape index (κ2) is 5.77. The Bertz CT molecular complexity index is 515. The lowest BCUT2D eigenvalue weighted by molar-refractivity contribution is 0.519. The van der Waals surface area contributed by atoms with E-state index in [1.165, 1.54) is 11.1 Å². The molecular formula is C16H14O. The lowest BCUT2D eigenvalue weighted by Crippen LogP contribution is -1.84. The van der Waals surface area contributed by atoms with Crippen molar-refractivity contribution in [1.29, 1.82) is 0 Å². The van der Waals surface area contributed by atoms with E-state index in [0.717, 1.165) is 5.75 Å². The van der Waals surface area contributed by atoms with Crippen LogP contribution in [-0.4, -0.2) is 0 Å². The fraction of sp³-hybridized carbons (Fsp3) is 0.125. The molecule has 0 radical (unpaired) electrons. The quantitative estimate of drug-likeness (QED) is 0.706. The van der Waals surface area contributed by atoms with Gasteiger partial charge in [0.25, 0.3) is 0 Å². The van der Waals surface area contributed by atoms with E-state index in [0.29, 0.717) is 6.42 Å².